The Bertz CT molecular complexity index is 838. The van der Waals surface area contributed by atoms with E-state index in [9.17, 15) is 14.4 Å². The van der Waals surface area contributed by atoms with Crippen molar-refractivity contribution in [1.29, 1.82) is 0 Å². The molecule has 28 heavy (non-hydrogen) atoms. The first kappa shape index (κ1) is 20.4. The fourth-order valence-corrected chi connectivity index (χ4v) is 3.98. The molecule has 0 bridgehead atoms. The van der Waals surface area contributed by atoms with Gasteiger partial charge in [0, 0.05) is 25.1 Å². The average molecular weight is 401 g/mol. The van der Waals surface area contributed by atoms with Crippen LogP contribution in [0.2, 0.25) is 0 Å². The third-order valence-electron chi connectivity index (χ3n) is 4.71. The Kier molecular flexibility index (Phi) is 7.08. The standard InChI is InChI=1S/C21H24N2O4S/c22-12-18(25)20-10-9-19(28-20)17(24)8-5-14-3-6-15(7-4-14)21(26)23-13-16-2-1-11-27-16/h3-4,6-7,9-10,16H,1-2,5,8,11-13,22H2,(H,23,26). The molecule has 1 aromatic carbocycles. The number of hydrogen-bond donors (Lipinski definition) is 2. The summed E-state index contributed by atoms with van der Waals surface area (Å²) < 4.78 is 5.50. The predicted octanol–water partition coefficient (Wildman–Crippen LogP) is 2.61. The molecule has 1 aromatic heterocycles. The van der Waals surface area contributed by atoms with E-state index in [0.29, 0.717) is 34.7 Å². The van der Waals surface area contributed by atoms with Crippen LogP contribution < -0.4 is 11.1 Å². The first-order valence-electron chi connectivity index (χ1n) is 9.42. The highest BCUT2D eigenvalue weighted by Crippen LogP contribution is 2.19. The lowest BCUT2D eigenvalue weighted by molar-refractivity contribution is 0.0857. The number of nitrogens with two attached hydrogens (primary N) is 1. The van der Waals surface area contributed by atoms with Crippen LogP contribution in [0, 0.1) is 0 Å². The van der Waals surface area contributed by atoms with Gasteiger partial charge >= 0.3 is 0 Å². The minimum Gasteiger partial charge on any atom is -0.376 e. The molecule has 1 aliphatic rings. The molecule has 0 radical (unpaired) electrons. The molecule has 1 unspecified atom stereocenters. The Hall–Kier alpha value is -2.35. The molecule has 3 N–H and O–H groups in total. The number of carbonyl (C=O) groups excluding carboxylic acids is 3. The van der Waals surface area contributed by atoms with Gasteiger partial charge in [-0.2, -0.15) is 0 Å². The Labute approximate surface area is 168 Å². The van der Waals surface area contributed by atoms with Crippen LogP contribution in [0.15, 0.2) is 36.4 Å². The number of hydrogen-bond acceptors (Lipinski definition) is 6. The number of amides is 1. The van der Waals surface area contributed by atoms with Gasteiger partial charge in [0.2, 0.25) is 0 Å². The summed E-state index contributed by atoms with van der Waals surface area (Å²) in [4.78, 5) is 37.2. The lowest BCUT2D eigenvalue weighted by Gasteiger charge is -2.11. The number of ether oxygens (including phenoxy) is 1. The van der Waals surface area contributed by atoms with E-state index in [0.717, 1.165) is 25.0 Å². The Morgan fingerprint density at radius 1 is 1.07 bits per heavy atom. The molecule has 1 saturated heterocycles. The first-order valence-corrected chi connectivity index (χ1v) is 10.2. The number of ketones is 2. The Morgan fingerprint density at radius 2 is 1.79 bits per heavy atom. The van der Waals surface area contributed by atoms with Gasteiger partial charge in [0.05, 0.1) is 22.4 Å². The second kappa shape index (κ2) is 9.73. The molecule has 0 spiro atoms. The Morgan fingerprint density at radius 3 is 2.43 bits per heavy atom. The largest absolute Gasteiger partial charge is 0.376 e. The molecule has 2 heterocycles. The van der Waals surface area contributed by atoms with E-state index in [-0.39, 0.29) is 30.1 Å². The molecule has 1 aliphatic heterocycles. The number of rotatable bonds is 9. The van der Waals surface area contributed by atoms with Crippen molar-refractivity contribution in [2.45, 2.75) is 31.8 Å². The van der Waals surface area contributed by atoms with E-state index in [1.165, 1.54) is 11.3 Å². The molecule has 0 saturated carbocycles. The topological polar surface area (TPSA) is 98.5 Å². The molecule has 1 atom stereocenters. The summed E-state index contributed by atoms with van der Waals surface area (Å²) in [6, 6.07) is 10.6. The maximum atomic E-state index is 12.3. The second-order valence-electron chi connectivity index (χ2n) is 6.76. The van der Waals surface area contributed by atoms with Crippen molar-refractivity contribution in [3.05, 3.63) is 57.3 Å². The van der Waals surface area contributed by atoms with Crippen molar-refractivity contribution in [3.8, 4) is 0 Å². The molecule has 1 fully saturated rings. The van der Waals surface area contributed by atoms with Crippen LogP contribution in [0.1, 0.15) is 54.5 Å². The SMILES string of the molecule is NCC(=O)c1ccc(C(=O)CCc2ccc(C(=O)NCC3CCCO3)cc2)s1. The van der Waals surface area contributed by atoms with E-state index in [1.54, 1.807) is 24.3 Å². The third-order valence-corrected chi connectivity index (χ3v) is 5.88. The number of Topliss-reactive ketones (excluding diaryl/α,β-unsaturated/α-hetero) is 2. The zero-order valence-electron chi connectivity index (χ0n) is 15.6. The van der Waals surface area contributed by atoms with Gasteiger partial charge in [0.15, 0.2) is 11.6 Å². The number of aryl methyl sites for hydroxylation is 1. The molecule has 3 rings (SSSR count). The zero-order valence-corrected chi connectivity index (χ0v) is 16.4. The monoisotopic (exact) mass is 400 g/mol. The number of nitrogens with one attached hydrogen (secondary N) is 1. The lowest BCUT2D eigenvalue weighted by atomic mass is 10.0. The van der Waals surface area contributed by atoms with Crippen molar-refractivity contribution in [1.82, 2.24) is 5.32 Å². The summed E-state index contributed by atoms with van der Waals surface area (Å²) in [5.74, 6) is -0.273. The van der Waals surface area contributed by atoms with Gasteiger partial charge in [-0.1, -0.05) is 12.1 Å². The highest BCUT2D eigenvalue weighted by Gasteiger charge is 2.17. The van der Waals surface area contributed by atoms with Gasteiger partial charge in [0.25, 0.3) is 5.91 Å². The van der Waals surface area contributed by atoms with Gasteiger partial charge in [-0.3, -0.25) is 14.4 Å². The smallest absolute Gasteiger partial charge is 0.251 e. The normalized spacial score (nSPS) is 16.1. The molecular formula is C21H24N2O4S. The van der Waals surface area contributed by atoms with E-state index >= 15 is 0 Å². The van der Waals surface area contributed by atoms with E-state index in [4.69, 9.17) is 10.5 Å². The highest BCUT2D eigenvalue weighted by molar-refractivity contribution is 7.16. The second-order valence-corrected chi connectivity index (χ2v) is 7.84. The van der Waals surface area contributed by atoms with Gasteiger partial charge in [-0.25, -0.2) is 0 Å². The van der Waals surface area contributed by atoms with Crippen LogP contribution in [0.3, 0.4) is 0 Å². The minimum absolute atomic E-state index is 0.000505. The molecular weight excluding hydrogens is 376 g/mol. The maximum Gasteiger partial charge on any atom is 0.251 e. The highest BCUT2D eigenvalue weighted by atomic mass is 32.1. The maximum absolute atomic E-state index is 12.3. The quantitative estimate of drug-likeness (QED) is 0.631. The van der Waals surface area contributed by atoms with Gasteiger partial charge < -0.3 is 15.8 Å². The van der Waals surface area contributed by atoms with E-state index in [2.05, 4.69) is 5.32 Å². The first-order chi connectivity index (χ1) is 13.6. The number of benzene rings is 1. The summed E-state index contributed by atoms with van der Waals surface area (Å²) in [6.07, 6.45) is 3.08. The number of carbonyl (C=O) groups is 3. The molecule has 7 heteroatoms. The fourth-order valence-electron chi connectivity index (χ4n) is 3.06. The van der Waals surface area contributed by atoms with Gasteiger partial charge in [-0.05, 0) is 49.1 Å². The van der Waals surface area contributed by atoms with Crippen molar-refractivity contribution < 1.29 is 19.1 Å². The summed E-state index contributed by atoms with van der Waals surface area (Å²) in [6.45, 7) is 1.25. The molecule has 6 nitrogen and oxygen atoms in total. The van der Waals surface area contributed by atoms with Gasteiger partial charge in [-0.15, -0.1) is 11.3 Å². The summed E-state index contributed by atoms with van der Waals surface area (Å²) in [5.41, 5.74) is 6.92. The molecule has 0 aliphatic carbocycles. The average Bonchev–Trinajstić information content (AvgIpc) is 3.42. The predicted molar refractivity (Wildman–Crippen MR) is 108 cm³/mol. The zero-order chi connectivity index (χ0) is 19.9. The van der Waals surface area contributed by atoms with Crippen LogP contribution in [0.25, 0.3) is 0 Å². The summed E-state index contributed by atoms with van der Waals surface area (Å²) >= 11 is 1.19. The van der Waals surface area contributed by atoms with Crippen LogP contribution in [-0.2, 0) is 11.2 Å². The minimum atomic E-state index is -0.155. The third kappa shape index (κ3) is 5.34. The summed E-state index contributed by atoms with van der Waals surface area (Å²) in [7, 11) is 0. The molecule has 2 aromatic rings. The fraction of sp³-hybridized carbons (Fsp3) is 0.381. The summed E-state index contributed by atoms with van der Waals surface area (Å²) in [5, 5.41) is 2.90. The van der Waals surface area contributed by atoms with Crippen molar-refractivity contribution >= 4 is 28.8 Å². The lowest BCUT2D eigenvalue weighted by Crippen LogP contribution is -2.31. The van der Waals surface area contributed by atoms with Crippen molar-refractivity contribution in [2.24, 2.45) is 5.73 Å². The molecule has 148 valence electrons. The van der Waals surface area contributed by atoms with Crippen LogP contribution in [0.4, 0.5) is 0 Å². The van der Waals surface area contributed by atoms with E-state index < -0.39 is 0 Å². The van der Waals surface area contributed by atoms with Gasteiger partial charge in [0.1, 0.15) is 0 Å². The van der Waals surface area contributed by atoms with Crippen LogP contribution in [0.5, 0.6) is 0 Å². The number of thiophene rings is 1. The molecule has 1 amide bonds. The van der Waals surface area contributed by atoms with Crippen LogP contribution >= 0.6 is 11.3 Å². The van der Waals surface area contributed by atoms with E-state index in [1.807, 2.05) is 12.1 Å². The Balaban J connectivity index is 1.48. The van der Waals surface area contributed by atoms with Crippen molar-refractivity contribution in [3.63, 3.8) is 0 Å². The van der Waals surface area contributed by atoms with Crippen LogP contribution in [-0.4, -0.2) is 43.3 Å². The van der Waals surface area contributed by atoms with Crippen molar-refractivity contribution in [2.75, 3.05) is 19.7 Å².